The van der Waals surface area contributed by atoms with Gasteiger partial charge in [0.15, 0.2) is 0 Å². The van der Waals surface area contributed by atoms with Crippen LogP contribution in [0.5, 0.6) is 5.75 Å². The predicted molar refractivity (Wildman–Crippen MR) is 79.8 cm³/mol. The number of hydrogen-bond donors (Lipinski definition) is 1. The van der Waals surface area contributed by atoms with Crippen molar-refractivity contribution in [3.8, 4) is 5.75 Å². The van der Waals surface area contributed by atoms with Gasteiger partial charge in [0.2, 0.25) is 0 Å². The van der Waals surface area contributed by atoms with Gasteiger partial charge in [-0.05, 0) is 24.3 Å². The van der Waals surface area contributed by atoms with E-state index in [4.69, 9.17) is 27.9 Å². The molecule has 0 spiro atoms. The van der Waals surface area contributed by atoms with E-state index in [-0.39, 0.29) is 18.9 Å². The zero-order chi connectivity index (χ0) is 15.4. The molecule has 2 aromatic carbocycles. The lowest BCUT2D eigenvalue weighted by atomic mass is 10.2. The maximum Gasteiger partial charge on any atom is 0.270 e. The molecule has 2 rings (SSSR count). The Morgan fingerprint density at radius 2 is 1.90 bits per heavy atom. The third-order valence-electron chi connectivity index (χ3n) is 2.82. The summed E-state index contributed by atoms with van der Waals surface area (Å²) in [5.74, 6) is 0.360. The Morgan fingerprint density at radius 3 is 2.57 bits per heavy atom. The Hall–Kier alpha value is -1.82. The van der Waals surface area contributed by atoms with Crippen LogP contribution in [0.25, 0.3) is 0 Å². The van der Waals surface area contributed by atoms with Crippen LogP contribution in [-0.2, 0) is 13.2 Å². The van der Waals surface area contributed by atoms with Crippen molar-refractivity contribution < 1.29 is 14.8 Å². The van der Waals surface area contributed by atoms with Crippen LogP contribution in [0.2, 0.25) is 10.0 Å². The summed E-state index contributed by atoms with van der Waals surface area (Å²) >= 11 is 11.9. The number of benzene rings is 2. The number of non-ortho nitro benzene ring substituents is 1. The highest BCUT2D eigenvalue weighted by molar-refractivity contribution is 6.33. The van der Waals surface area contributed by atoms with Gasteiger partial charge >= 0.3 is 0 Å². The second kappa shape index (κ2) is 6.76. The molecule has 7 heteroatoms. The molecule has 0 aliphatic heterocycles. The van der Waals surface area contributed by atoms with Crippen LogP contribution in [0, 0.1) is 10.1 Å². The van der Waals surface area contributed by atoms with Crippen molar-refractivity contribution in [3.63, 3.8) is 0 Å². The lowest BCUT2D eigenvalue weighted by Crippen LogP contribution is -2.00. The normalized spacial score (nSPS) is 10.4. The Balaban J connectivity index is 2.19. The van der Waals surface area contributed by atoms with Crippen molar-refractivity contribution in [2.24, 2.45) is 0 Å². The minimum Gasteiger partial charge on any atom is -0.488 e. The van der Waals surface area contributed by atoms with E-state index in [1.54, 1.807) is 18.2 Å². The molecule has 0 aliphatic rings. The van der Waals surface area contributed by atoms with Crippen molar-refractivity contribution in [2.75, 3.05) is 0 Å². The number of aliphatic hydroxyl groups excluding tert-OH is 1. The van der Waals surface area contributed by atoms with Crippen LogP contribution >= 0.6 is 23.2 Å². The van der Waals surface area contributed by atoms with E-state index < -0.39 is 4.92 Å². The van der Waals surface area contributed by atoms with Crippen LogP contribution in [0.1, 0.15) is 11.1 Å². The average molecular weight is 328 g/mol. The third-order valence-corrected chi connectivity index (χ3v) is 3.42. The lowest BCUT2D eigenvalue weighted by molar-refractivity contribution is -0.385. The van der Waals surface area contributed by atoms with Gasteiger partial charge in [-0.1, -0.05) is 23.2 Å². The van der Waals surface area contributed by atoms with E-state index in [9.17, 15) is 15.2 Å². The molecular formula is C14H11Cl2NO4. The van der Waals surface area contributed by atoms with Crippen LogP contribution < -0.4 is 4.74 Å². The van der Waals surface area contributed by atoms with Crippen molar-refractivity contribution in [2.45, 2.75) is 13.2 Å². The molecule has 5 nitrogen and oxygen atoms in total. The van der Waals surface area contributed by atoms with Crippen LogP contribution in [0.4, 0.5) is 5.69 Å². The average Bonchev–Trinajstić information content (AvgIpc) is 2.47. The molecule has 0 bridgehead atoms. The first-order chi connectivity index (χ1) is 10.0. The monoisotopic (exact) mass is 327 g/mol. The fraction of sp³-hybridized carbons (Fsp3) is 0.143. The molecule has 0 atom stereocenters. The lowest BCUT2D eigenvalue weighted by Gasteiger charge is -2.11. The molecule has 0 radical (unpaired) electrons. The van der Waals surface area contributed by atoms with Crippen molar-refractivity contribution >= 4 is 28.9 Å². The second-order valence-corrected chi connectivity index (χ2v) is 5.08. The summed E-state index contributed by atoms with van der Waals surface area (Å²) in [7, 11) is 0. The van der Waals surface area contributed by atoms with E-state index in [1.807, 2.05) is 0 Å². The molecule has 21 heavy (non-hydrogen) atoms. The standard InChI is InChI=1S/C14H11Cl2NO4/c15-11-1-3-13(16)10(5-11)8-21-14-4-2-12(17(19)20)6-9(14)7-18/h1-6,18H,7-8H2. The minimum atomic E-state index is -0.531. The number of nitro groups is 1. The summed E-state index contributed by atoms with van der Waals surface area (Å²) < 4.78 is 5.56. The maximum absolute atomic E-state index is 10.7. The molecule has 0 aromatic heterocycles. The Labute approximate surface area is 130 Å². The molecule has 110 valence electrons. The van der Waals surface area contributed by atoms with Gasteiger partial charge in [-0.25, -0.2) is 0 Å². The van der Waals surface area contributed by atoms with Crippen molar-refractivity contribution in [1.29, 1.82) is 0 Å². The van der Waals surface area contributed by atoms with Gasteiger partial charge in [0, 0.05) is 33.3 Å². The molecule has 0 heterocycles. The number of hydrogen-bond acceptors (Lipinski definition) is 4. The fourth-order valence-electron chi connectivity index (χ4n) is 1.75. The number of aliphatic hydroxyl groups is 1. The number of nitro benzene ring substituents is 1. The molecule has 0 aliphatic carbocycles. The Kier molecular flexibility index (Phi) is 5.01. The smallest absolute Gasteiger partial charge is 0.270 e. The summed E-state index contributed by atoms with van der Waals surface area (Å²) in [6, 6.07) is 9.03. The first kappa shape index (κ1) is 15.6. The predicted octanol–water partition coefficient (Wildman–Crippen LogP) is 3.97. The highest BCUT2D eigenvalue weighted by atomic mass is 35.5. The second-order valence-electron chi connectivity index (χ2n) is 4.23. The first-order valence-corrected chi connectivity index (χ1v) is 6.71. The van der Waals surface area contributed by atoms with Crippen molar-refractivity contribution in [3.05, 3.63) is 67.7 Å². The molecule has 0 unspecified atom stereocenters. The molecular weight excluding hydrogens is 317 g/mol. The largest absolute Gasteiger partial charge is 0.488 e. The molecule has 0 amide bonds. The summed E-state index contributed by atoms with van der Waals surface area (Å²) in [4.78, 5) is 10.2. The zero-order valence-electron chi connectivity index (χ0n) is 10.8. The van der Waals surface area contributed by atoms with Gasteiger partial charge < -0.3 is 9.84 Å². The highest BCUT2D eigenvalue weighted by Crippen LogP contribution is 2.27. The van der Waals surface area contributed by atoms with Gasteiger partial charge in [0.25, 0.3) is 5.69 Å². The third kappa shape index (κ3) is 3.85. The number of ether oxygens (including phenoxy) is 1. The number of halogens is 2. The van der Waals surface area contributed by atoms with Crippen molar-refractivity contribution in [1.82, 2.24) is 0 Å². The summed E-state index contributed by atoms with van der Waals surface area (Å²) in [5, 5.41) is 21.0. The van der Waals surface area contributed by atoms with Gasteiger partial charge in [-0.2, -0.15) is 0 Å². The van der Waals surface area contributed by atoms with Crippen LogP contribution in [0.3, 0.4) is 0 Å². The van der Waals surface area contributed by atoms with E-state index in [2.05, 4.69) is 0 Å². The SMILES string of the molecule is O=[N+]([O-])c1ccc(OCc2cc(Cl)ccc2Cl)c(CO)c1. The number of rotatable bonds is 5. The summed E-state index contributed by atoms with van der Waals surface area (Å²) in [6.07, 6.45) is 0. The van der Waals surface area contributed by atoms with Gasteiger partial charge in [0.05, 0.1) is 11.5 Å². The zero-order valence-corrected chi connectivity index (χ0v) is 12.3. The quantitative estimate of drug-likeness (QED) is 0.666. The topological polar surface area (TPSA) is 72.6 Å². The van der Waals surface area contributed by atoms with Gasteiger partial charge in [-0.3, -0.25) is 10.1 Å². The van der Waals surface area contributed by atoms with E-state index in [1.165, 1.54) is 18.2 Å². The maximum atomic E-state index is 10.7. The molecule has 0 saturated heterocycles. The first-order valence-electron chi connectivity index (χ1n) is 5.96. The fourth-order valence-corrected chi connectivity index (χ4v) is 2.12. The summed E-state index contributed by atoms with van der Waals surface area (Å²) in [6.45, 7) is -0.218. The molecule has 0 saturated carbocycles. The molecule has 2 aromatic rings. The van der Waals surface area contributed by atoms with E-state index in [0.717, 1.165) is 0 Å². The molecule has 1 N–H and O–H groups in total. The highest BCUT2D eigenvalue weighted by Gasteiger charge is 2.12. The van der Waals surface area contributed by atoms with Gasteiger partial charge in [-0.15, -0.1) is 0 Å². The van der Waals surface area contributed by atoms with Gasteiger partial charge in [0.1, 0.15) is 12.4 Å². The van der Waals surface area contributed by atoms with E-state index in [0.29, 0.717) is 26.9 Å². The minimum absolute atomic E-state index is 0.104. The summed E-state index contributed by atoms with van der Waals surface area (Å²) in [5.41, 5.74) is 0.918. The Bertz CT molecular complexity index is 676. The van der Waals surface area contributed by atoms with Crippen LogP contribution in [0.15, 0.2) is 36.4 Å². The number of nitrogens with zero attached hydrogens (tertiary/aromatic N) is 1. The van der Waals surface area contributed by atoms with Crippen LogP contribution in [-0.4, -0.2) is 10.0 Å². The molecule has 0 fully saturated rings. The Morgan fingerprint density at radius 1 is 1.14 bits per heavy atom. The van der Waals surface area contributed by atoms with E-state index >= 15 is 0 Å².